The number of hydrogen-bond acceptors (Lipinski definition) is 3. The summed E-state index contributed by atoms with van der Waals surface area (Å²) >= 11 is 1.54. The van der Waals surface area contributed by atoms with E-state index in [0.717, 1.165) is 43.4 Å². The molecule has 0 saturated heterocycles. The van der Waals surface area contributed by atoms with E-state index in [9.17, 15) is 4.39 Å². The molecule has 4 heteroatoms. The number of ether oxygens (including phenoxy) is 1. The number of hydrogen-bond donors (Lipinski definition) is 1. The van der Waals surface area contributed by atoms with Crippen LogP contribution in [0.2, 0.25) is 0 Å². The first-order valence-corrected chi connectivity index (χ1v) is 7.49. The lowest BCUT2D eigenvalue weighted by Gasteiger charge is -2.06. The summed E-state index contributed by atoms with van der Waals surface area (Å²) in [4.78, 5) is 0.721. The van der Waals surface area contributed by atoms with Crippen molar-refractivity contribution in [1.82, 2.24) is 5.32 Å². The fourth-order valence-corrected chi connectivity index (χ4v) is 2.26. The fourth-order valence-electron chi connectivity index (χ4n) is 1.41. The largest absolute Gasteiger partial charge is 0.380 e. The monoisotopic (exact) mass is 271 g/mol. The van der Waals surface area contributed by atoms with Crippen molar-refractivity contribution in [2.75, 3.05) is 32.1 Å². The van der Waals surface area contributed by atoms with Crippen molar-refractivity contribution in [2.24, 2.45) is 0 Å². The van der Waals surface area contributed by atoms with Gasteiger partial charge in [-0.3, -0.25) is 0 Å². The standard InChI is InChI=1S/C14H22FNOS/c1-2-3-10-17-11-8-16-9-12-18-14-7-5-4-6-13(14)15/h4-7,16H,2-3,8-12H2,1H3. The zero-order valence-corrected chi connectivity index (χ0v) is 11.8. The maximum absolute atomic E-state index is 13.3. The van der Waals surface area contributed by atoms with Crippen molar-refractivity contribution in [1.29, 1.82) is 0 Å². The van der Waals surface area contributed by atoms with E-state index in [1.807, 2.05) is 12.1 Å². The lowest BCUT2D eigenvalue weighted by atomic mass is 10.3. The lowest BCUT2D eigenvalue weighted by Crippen LogP contribution is -2.22. The van der Waals surface area contributed by atoms with Gasteiger partial charge < -0.3 is 10.1 Å². The molecular weight excluding hydrogens is 249 g/mol. The van der Waals surface area contributed by atoms with Crippen LogP contribution in [-0.4, -0.2) is 32.1 Å². The molecule has 1 N–H and O–H groups in total. The third kappa shape index (κ3) is 6.99. The van der Waals surface area contributed by atoms with Crippen LogP contribution in [0.4, 0.5) is 4.39 Å². The summed E-state index contributed by atoms with van der Waals surface area (Å²) in [6.45, 7) is 5.49. The molecule has 0 saturated carbocycles. The van der Waals surface area contributed by atoms with Gasteiger partial charge in [0.1, 0.15) is 5.82 Å². The Morgan fingerprint density at radius 3 is 2.83 bits per heavy atom. The van der Waals surface area contributed by atoms with Crippen molar-refractivity contribution >= 4 is 11.8 Å². The molecule has 0 radical (unpaired) electrons. The van der Waals surface area contributed by atoms with Crippen LogP contribution in [0.15, 0.2) is 29.2 Å². The minimum atomic E-state index is -0.134. The SMILES string of the molecule is CCCCOCCNCCSc1ccccc1F. The van der Waals surface area contributed by atoms with Crippen LogP contribution in [0.1, 0.15) is 19.8 Å². The Morgan fingerprint density at radius 1 is 1.22 bits per heavy atom. The highest BCUT2D eigenvalue weighted by Gasteiger charge is 1.99. The number of unbranched alkanes of at least 4 members (excludes halogenated alkanes) is 1. The molecule has 0 heterocycles. The normalized spacial score (nSPS) is 10.8. The van der Waals surface area contributed by atoms with Crippen molar-refractivity contribution in [3.05, 3.63) is 30.1 Å². The predicted octanol–water partition coefficient (Wildman–Crippen LogP) is 3.32. The third-order valence-corrected chi connectivity index (χ3v) is 3.49. The molecule has 102 valence electrons. The van der Waals surface area contributed by atoms with E-state index >= 15 is 0 Å². The van der Waals surface area contributed by atoms with Crippen LogP contribution in [-0.2, 0) is 4.74 Å². The van der Waals surface area contributed by atoms with Gasteiger partial charge in [-0.15, -0.1) is 11.8 Å². The van der Waals surface area contributed by atoms with E-state index < -0.39 is 0 Å². The lowest BCUT2D eigenvalue weighted by molar-refractivity contribution is 0.133. The molecule has 2 nitrogen and oxygen atoms in total. The molecule has 0 bridgehead atoms. The van der Waals surface area contributed by atoms with E-state index in [-0.39, 0.29) is 5.82 Å². The van der Waals surface area contributed by atoms with Gasteiger partial charge in [-0.05, 0) is 18.6 Å². The van der Waals surface area contributed by atoms with Gasteiger partial charge >= 0.3 is 0 Å². The van der Waals surface area contributed by atoms with Crippen LogP contribution in [0, 0.1) is 5.82 Å². The molecule has 0 aliphatic rings. The highest BCUT2D eigenvalue weighted by atomic mass is 32.2. The summed E-state index contributed by atoms with van der Waals surface area (Å²) in [6.07, 6.45) is 2.30. The number of nitrogens with one attached hydrogen (secondary N) is 1. The molecule has 0 amide bonds. The fraction of sp³-hybridized carbons (Fsp3) is 0.571. The van der Waals surface area contributed by atoms with Gasteiger partial charge in [-0.25, -0.2) is 4.39 Å². The average molecular weight is 271 g/mol. The van der Waals surface area contributed by atoms with Gasteiger partial charge in [0.15, 0.2) is 0 Å². The van der Waals surface area contributed by atoms with Gasteiger partial charge in [-0.1, -0.05) is 25.5 Å². The van der Waals surface area contributed by atoms with Crippen molar-refractivity contribution in [3.8, 4) is 0 Å². The summed E-state index contributed by atoms with van der Waals surface area (Å²) in [7, 11) is 0. The van der Waals surface area contributed by atoms with E-state index in [0.29, 0.717) is 0 Å². The van der Waals surface area contributed by atoms with Crippen LogP contribution in [0.25, 0.3) is 0 Å². The Labute approximate surface area is 113 Å². The average Bonchev–Trinajstić information content (AvgIpc) is 2.39. The summed E-state index contributed by atoms with van der Waals surface area (Å²) in [5.41, 5.74) is 0. The number of benzene rings is 1. The highest BCUT2D eigenvalue weighted by Crippen LogP contribution is 2.20. The topological polar surface area (TPSA) is 21.3 Å². The Balaban J connectivity index is 1.94. The van der Waals surface area contributed by atoms with Crippen molar-refractivity contribution < 1.29 is 9.13 Å². The van der Waals surface area contributed by atoms with Gasteiger partial charge in [0, 0.05) is 30.3 Å². The molecule has 18 heavy (non-hydrogen) atoms. The molecule has 0 unspecified atom stereocenters. The van der Waals surface area contributed by atoms with E-state index in [1.165, 1.54) is 12.5 Å². The van der Waals surface area contributed by atoms with Crippen molar-refractivity contribution in [3.63, 3.8) is 0 Å². The Kier molecular flexibility index (Phi) is 8.90. The first kappa shape index (κ1) is 15.5. The first-order chi connectivity index (χ1) is 8.84. The molecule has 0 aliphatic heterocycles. The molecule has 0 aromatic heterocycles. The molecule has 0 aliphatic carbocycles. The zero-order valence-electron chi connectivity index (χ0n) is 11.0. The number of rotatable bonds is 10. The molecule has 0 spiro atoms. The van der Waals surface area contributed by atoms with E-state index in [4.69, 9.17) is 4.74 Å². The van der Waals surface area contributed by atoms with Crippen molar-refractivity contribution in [2.45, 2.75) is 24.7 Å². The first-order valence-electron chi connectivity index (χ1n) is 6.50. The summed E-state index contributed by atoms with van der Waals surface area (Å²) < 4.78 is 18.7. The van der Waals surface area contributed by atoms with Gasteiger partial charge in [-0.2, -0.15) is 0 Å². The molecule has 0 fully saturated rings. The van der Waals surface area contributed by atoms with Gasteiger partial charge in [0.25, 0.3) is 0 Å². The Morgan fingerprint density at radius 2 is 2.06 bits per heavy atom. The summed E-state index contributed by atoms with van der Waals surface area (Å²) in [5, 5.41) is 3.28. The summed E-state index contributed by atoms with van der Waals surface area (Å²) in [5.74, 6) is 0.737. The molecule has 0 atom stereocenters. The minimum Gasteiger partial charge on any atom is -0.380 e. The van der Waals surface area contributed by atoms with Crippen LogP contribution >= 0.6 is 11.8 Å². The van der Waals surface area contributed by atoms with Gasteiger partial charge in [0.05, 0.1) is 6.61 Å². The second-order valence-electron chi connectivity index (χ2n) is 3.99. The van der Waals surface area contributed by atoms with E-state index in [2.05, 4.69) is 12.2 Å². The smallest absolute Gasteiger partial charge is 0.136 e. The predicted molar refractivity (Wildman–Crippen MR) is 75.7 cm³/mol. The van der Waals surface area contributed by atoms with Crippen LogP contribution in [0.5, 0.6) is 0 Å². The maximum atomic E-state index is 13.3. The Hall–Kier alpha value is -0.580. The second kappa shape index (κ2) is 10.4. The van der Waals surface area contributed by atoms with Crippen LogP contribution in [0.3, 0.4) is 0 Å². The second-order valence-corrected chi connectivity index (χ2v) is 5.13. The zero-order chi connectivity index (χ0) is 13.1. The molecule has 1 rings (SSSR count). The highest BCUT2D eigenvalue weighted by molar-refractivity contribution is 7.99. The summed E-state index contributed by atoms with van der Waals surface area (Å²) in [6, 6.07) is 6.89. The van der Waals surface area contributed by atoms with Crippen LogP contribution < -0.4 is 5.32 Å². The molecular formula is C14H22FNOS. The molecule has 1 aromatic carbocycles. The minimum absolute atomic E-state index is 0.134. The maximum Gasteiger partial charge on any atom is 0.136 e. The van der Waals surface area contributed by atoms with Gasteiger partial charge in [0.2, 0.25) is 0 Å². The number of thioether (sulfide) groups is 1. The molecule has 1 aromatic rings. The quantitative estimate of drug-likeness (QED) is 0.521. The number of halogens is 1. The third-order valence-electron chi connectivity index (χ3n) is 2.44. The van der Waals surface area contributed by atoms with E-state index in [1.54, 1.807) is 17.8 Å². The Bertz CT molecular complexity index is 322.